The summed E-state index contributed by atoms with van der Waals surface area (Å²) < 4.78 is 4.31. The topological polar surface area (TPSA) is 52.3 Å². The quantitative estimate of drug-likeness (QED) is 0.0854. The molecule has 9 heteroatoms. The Bertz CT molecular complexity index is 1340. The zero-order chi connectivity index (χ0) is 30.6. The molecular weight excluding hydrogens is 646 g/mol. The van der Waals surface area contributed by atoms with Gasteiger partial charge in [-0.1, -0.05) is 35.4 Å². The van der Waals surface area contributed by atoms with Crippen molar-refractivity contribution in [2.45, 2.75) is 61.5 Å². The monoisotopic (exact) mass is 686 g/mol. The average Bonchev–Trinajstić information content (AvgIpc) is 3.31. The van der Waals surface area contributed by atoms with Crippen molar-refractivity contribution in [3.8, 4) is 5.75 Å². The standard InChI is InChI=1S/C21H27N2.C11H13NO3.2ClH.Ru/c1-14-9-16(3)20(17(4)10-14)22-7-8-23(13-22)21-18(5)11-15(2)12-19(21)6;1-8(2)15(4)11-6-5-10(12(13)14)7-9(11)3;;;/h9-13H,7-8H2,1-6H3;3,5-8H,4H2,1-2H3;2*1H;/q-1;;;;+2/p-2. The summed E-state index contributed by atoms with van der Waals surface area (Å²) in [6.45, 7) is 21.5. The third kappa shape index (κ3) is 8.31. The summed E-state index contributed by atoms with van der Waals surface area (Å²) in [7, 11) is 15.5. The van der Waals surface area contributed by atoms with E-state index in [0.717, 1.165) is 13.1 Å². The molecule has 1 saturated heterocycles. The minimum absolute atomic E-state index is 0.00603. The van der Waals surface area contributed by atoms with Crippen LogP contribution in [0.15, 0.2) is 42.5 Å². The number of nitrogens with zero attached hydrogens (tertiary/aromatic N) is 3. The molecule has 1 heterocycles. The van der Waals surface area contributed by atoms with Gasteiger partial charge in [0.25, 0.3) is 0 Å². The molecular formula is C32H40Cl2N3O3Ru-. The number of aryl methyl sites for hydroxylation is 6. The van der Waals surface area contributed by atoms with Crippen LogP contribution in [0.3, 0.4) is 0 Å². The van der Waals surface area contributed by atoms with Gasteiger partial charge < -0.3 is 9.80 Å². The van der Waals surface area contributed by atoms with E-state index >= 15 is 0 Å². The molecule has 41 heavy (non-hydrogen) atoms. The van der Waals surface area contributed by atoms with Crippen molar-refractivity contribution in [2.24, 2.45) is 0 Å². The van der Waals surface area contributed by atoms with Crippen molar-refractivity contribution in [1.82, 2.24) is 0 Å². The molecule has 0 N–H and O–H groups in total. The van der Waals surface area contributed by atoms with E-state index < -0.39 is 18.4 Å². The second-order valence-electron chi connectivity index (χ2n) is 10.8. The third-order valence-electron chi connectivity index (χ3n) is 6.95. The van der Waals surface area contributed by atoms with Crippen LogP contribution in [0.5, 0.6) is 5.75 Å². The number of rotatable bonds is 6. The zero-order valence-corrected chi connectivity index (χ0v) is 28.3. The second-order valence-corrected chi connectivity index (χ2v) is 16.5. The molecule has 1 aliphatic rings. The van der Waals surface area contributed by atoms with Crippen LogP contribution in [0.4, 0.5) is 17.1 Å². The first-order chi connectivity index (χ1) is 19.2. The fourth-order valence-corrected chi connectivity index (χ4v) is 7.18. The van der Waals surface area contributed by atoms with E-state index in [1.54, 1.807) is 10.7 Å². The van der Waals surface area contributed by atoms with Crippen LogP contribution in [-0.4, -0.2) is 28.7 Å². The van der Waals surface area contributed by atoms with Crippen LogP contribution in [0.1, 0.15) is 52.8 Å². The molecule has 0 amide bonds. The number of hydrogen-bond donors (Lipinski definition) is 0. The number of benzene rings is 3. The van der Waals surface area contributed by atoms with Crippen molar-refractivity contribution in [1.29, 1.82) is 0 Å². The van der Waals surface area contributed by atoms with Crippen LogP contribution in [-0.2, 0) is 17.9 Å². The summed E-state index contributed by atoms with van der Waals surface area (Å²) in [5.41, 5.74) is 11.5. The molecule has 224 valence electrons. The molecule has 0 saturated carbocycles. The Kier molecular flexibility index (Phi) is 11.4. The molecule has 0 spiro atoms. The van der Waals surface area contributed by atoms with Crippen molar-refractivity contribution >= 4 is 41.1 Å². The number of halogens is 2. The van der Waals surface area contributed by atoms with Gasteiger partial charge in [-0.3, -0.25) is 0 Å². The number of nitro benzene ring substituents is 1. The molecule has 0 aromatic heterocycles. The molecule has 1 fully saturated rings. The van der Waals surface area contributed by atoms with Crippen LogP contribution < -0.4 is 9.80 Å². The van der Waals surface area contributed by atoms with E-state index in [0.29, 0.717) is 11.3 Å². The van der Waals surface area contributed by atoms with Gasteiger partial charge in [-0.2, -0.15) is 6.67 Å². The molecule has 0 atom stereocenters. The van der Waals surface area contributed by atoms with Crippen molar-refractivity contribution in [3.05, 3.63) is 105 Å². The predicted octanol–water partition coefficient (Wildman–Crippen LogP) is 9.12. The Morgan fingerprint density at radius 2 is 1.34 bits per heavy atom. The molecule has 0 aliphatic carbocycles. The van der Waals surface area contributed by atoms with Gasteiger partial charge in [0.15, 0.2) is 0 Å². The maximum absolute atomic E-state index is 10.8. The number of anilines is 2. The van der Waals surface area contributed by atoms with Gasteiger partial charge in [-0.05, 0) is 63.8 Å². The fraction of sp³-hybridized carbons (Fsp3) is 0.344. The van der Waals surface area contributed by atoms with E-state index in [1.165, 1.54) is 56.9 Å². The molecule has 4 rings (SSSR count). The van der Waals surface area contributed by atoms with Gasteiger partial charge in [0.2, 0.25) is 0 Å². The molecule has 0 unspecified atom stereocenters. The first kappa shape index (κ1) is 33.0. The molecule has 0 bridgehead atoms. The summed E-state index contributed by atoms with van der Waals surface area (Å²) in [6, 6.07) is 13.6. The van der Waals surface area contributed by atoms with Crippen molar-refractivity contribution < 1.29 is 22.8 Å². The Balaban J connectivity index is 0.000000233. The number of nitro groups is 1. The summed E-state index contributed by atoms with van der Waals surface area (Å²) >= 11 is -2.06. The molecule has 0 radical (unpaired) electrons. The number of non-ortho nitro benzene ring substituents is 1. The Labute approximate surface area is 258 Å². The minimum atomic E-state index is -2.06. The van der Waals surface area contributed by atoms with Crippen molar-refractivity contribution in [3.63, 3.8) is 0 Å². The van der Waals surface area contributed by atoms with Crippen LogP contribution >= 0.6 is 19.4 Å². The molecule has 3 aromatic carbocycles. The summed E-state index contributed by atoms with van der Waals surface area (Å²) in [5.74, 6) is 0.704. The van der Waals surface area contributed by atoms with Gasteiger partial charge in [-0.15, -0.1) is 0 Å². The first-order valence-corrected chi connectivity index (χ1v) is 18.9. The van der Waals surface area contributed by atoms with Crippen LogP contribution in [0, 0.1) is 65.4 Å². The van der Waals surface area contributed by atoms with Crippen LogP contribution in [0.2, 0.25) is 0 Å². The SMILES string of the molecule is Cc1cc(C)c(N2[CH-]N(c3c(C)cc(C)cc3C)CC2)c(C)c1.[CH2-][O+](c1ccc([N+](=O)[O-])cc1[CH]=[Ru]([Cl])[Cl])C(C)C. The third-order valence-corrected chi connectivity index (χ3v) is 8.78. The van der Waals surface area contributed by atoms with Crippen LogP contribution in [0.25, 0.3) is 0 Å². The molecule has 3 aromatic rings. The van der Waals surface area contributed by atoms with E-state index in [9.17, 15) is 10.1 Å². The van der Waals surface area contributed by atoms with Gasteiger partial charge >= 0.3 is 119 Å². The maximum atomic E-state index is 10.8. The van der Waals surface area contributed by atoms with Gasteiger partial charge in [0.05, 0.1) is 0 Å². The normalized spacial score (nSPS) is 13.2. The molecule has 6 nitrogen and oxygen atoms in total. The first-order valence-electron chi connectivity index (χ1n) is 13.4. The van der Waals surface area contributed by atoms with Gasteiger partial charge in [-0.25, -0.2) is 0 Å². The number of hydrogen-bond acceptors (Lipinski definition) is 4. The summed E-state index contributed by atoms with van der Waals surface area (Å²) in [6.07, 6.45) is 0.0879. The summed E-state index contributed by atoms with van der Waals surface area (Å²) in [4.78, 5) is 15.1. The average molecular weight is 687 g/mol. The van der Waals surface area contributed by atoms with E-state index in [-0.39, 0.29) is 11.8 Å². The van der Waals surface area contributed by atoms with E-state index in [2.05, 4.69) is 93.8 Å². The Morgan fingerprint density at radius 3 is 1.71 bits per heavy atom. The summed E-state index contributed by atoms with van der Waals surface area (Å²) in [5, 5.41) is 10.8. The Hall–Kier alpha value is -2.47. The second kappa shape index (κ2) is 14.1. The van der Waals surface area contributed by atoms with Gasteiger partial charge in [0, 0.05) is 24.5 Å². The predicted molar refractivity (Wildman–Crippen MR) is 171 cm³/mol. The Morgan fingerprint density at radius 1 is 0.902 bits per heavy atom. The van der Waals surface area contributed by atoms with E-state index in [4.69, 9.17) is 19.4 Å². The van der Waals surface area contributed by atoms with Gasteiger partial charge in [0.1, 0.15) is 0 Å². The molecule has 1 aliphatic heterocycles. The fourth-order valence-electron chi connectivity index (χ4n) is 5.39. The van der Waals surface area contributed by atoms with E-state index in [1.807, 2.05) is 13.8 Å². The zero-order valence-electron chi connectivity index (χ0n) is 25.1. The van der Waals surface area contributed by atoms with Crippen molar-refractivity contribution in [2.75, 3.05) is 22.9 Å².